The number of aliphatic hydroxyl groups is 2. The van der Waals surface area contributed by atoms with E-state index in [1.807, 2.05) is 121 Å². The summed E-state index contributed by atoms with van der Waals surface area (Å²) in [5.74, 6) is 0. The lowest BCUT2D eigenvalue weighted by Crippen LogP contribution is -2.58. The van der Waals surface area contributed by atoms with Crippen molar-refractivity contribution in [1.82, 2.24) is 10.2 Å². The van der Waals surface area contributed by atoms with Crippen LogP contribution < -0.4 is 5.32 Å². The zero-order valence-electron chi connectivity index (χ0n) is 26.7. The van der Waals surface area contributed by atoms with Crippen LogP contribution in [0.4, 0.5) is 9.59 Å². The second-order valence-corrected chi connectivity index (χ2v) is 12.3. The molecule has 0 aliphatic rings. The van der Waals surface area contributed by atoms with Crippen LogP contribution in [0.1, 0.15) is 43.0 Å². The summed E-state index contributed by atoms with van der Waals surface area (Å²) in [6.45, 7) is 5.42. The number of aliphatic hydroxyl groups excluding tert-OH is 2. The molecule has 46 heavy (non-hydrogen) atoms. The summed E-state index contributed by atoms with van der Waals surface area (Å²) in [7, 11) is 0. The van der Waals surface area contributed by atoms with Crippen molar-refractivity contribution in [3.63, 3.8) is 0 Å². The first kappa shape index (κ1) is 34.2. The molecule has 2 amide bonds. The fraction of sp³-hybridized carbons (Fsp3) is 0.316. The molecule has 242 valence electrons. The first-order valence-corrected chi connectivity index (χ1v) is 15.5. The Balaban J connectivity index is 1.68. The van der Waals surface area contributed by atoms with Crippen LogP contribution in [0.25, 0.3) is 0 Å². The molecule has 0 spiro atoms. The van der Waals surface area contributed by atoms with E-state index in [0.717, 1.165) is 22.3 Å². The van der Waals surface area contributed by atoms with Crippen molar-refractivity contribution in [1.29, 1.82) is 0 Å². The molecule has 0 aliphatic carbocycles. The van der Waals surface area contributed by atoms with Crippen LogP contribution >= 0.6 is 0 Å². The highest BCUT2D eigenvalue weighted by molar-refractivity contribution is 5.69. The van der Waals surface area contributed by atoms with E-state index in [1.165, 1.54) is 4.90 Å². The second kappa shape index (κ2) is 16.6. The van der Waals surface area contributed by atoms with Gasteiger partial charge in [0, 0.05) is 6.54 Å². The summed E-state index contributed by atoms with van der Waals surface area (Å²) >= 11 is 0. The molecule has 4 rings (SSSR count). The van der Waals surface area contributed by atoms with Crippen molar-refractivity contribution in [2.45, 2.75) is 76.7 Å². The number of ether oxygens (including phenoxy) is 2. The minimum atomic E-state index is -1.49. The van der Waals surface area contributed by atoms with Crippen molar-refractivity contribution < 1.29 is 29.3 Å². The molecule has 8 heteroatoms. The maximum Gasteiger partial charge on any atom is 0.410 e. The van der Waals surface area contributed by atoms with E-state index in [4.69, 9.17) is 9.47 Å². The van der Waals surface area contributed by atoms with E-state index >= 15 is 0 Å². The third kappa shape index (κ3) is 10.8. The van der Waals surface area contributed by atoms with Gasteiger partial charge in [0.25, 0.3) is 0 Å². The number of amides is 2. The van der Waals surface area contributed by atoms with Gasteiger partial charge in [-0.15, -0.1) is 0 Å². The maximum atomic E-state index is 13.9. The number of hydrogen-bond donors (Lipinski definition) is 3. The lowest BCUT2D eigenvalue weighted by atomic mass is 9.90. The molecule has 3 N–H and O–H groups in total. The Morgan fingerprint density at radius 1 is 0.674 bits per heavy atom. The zero-order chi connectivity index (χ0) is 32.9. The Labute approximate surface area is 271 Å². The van der Waals surface area contributed by atoms with Crippen LogP contribution in [0.2, 0.25) is 0 Å². The number of alkyl carbamates (subject to hydrolysis) is 1. The fourth-order valence-electron chi connectivity index (χ4n) is 5.22. The quantitative estimate of drug-likeness (QED) is 0.161. The number of carbonyl (C=O) groups is 2. The van der Waals surface area contributed by atoms with Gasteiger partial charge in [0.2, 0.25) is 0 Å². The van der Waals surface area contributed by atoms with E-state index in [2.05, 4.69) is 5.32 Å². The van der Waals surface area contributed by atoms with Crippen LogP contribution in [0.3, 0.4) is 0 Å². The average molecular weight is 625 g/mol. The van der Waals surface area contributed by atoms with Gasteiger partial charge in [-0.25, -0.2) is 9.59 Å². The Morgan fingerprint density at radius 3 is 1.63 bits per heavy atom. The Morgan fingerprint density at radius 2 is 1.13 bits per heavy atom. The predicted molar refractivity (Wildman–Crippen MR) is 178 cm³/mol. The molecule has 0 bridgehead atoms. The monoisotopic (exact) mass is 624 g/mol. The smallest absolute Gasteiger partial charge is 0.410 e. The predicted octanol–water partition coefficient (Wildman–Crippen LogP) is 6.29. The van der Waals surface area contributed by atoms with Gasteiger partial charge in [0.15, 0.2) is 0 Å². The molecule has 0 saturated carbocycles. The molecular weight excluding hydrogens is 580 g/mol. The number of hydrogen-bond acceptors (Lipinski definition) is 6. The lowest BCUT2D eigenvalue weighted by Gasteiger charge is -2.38. The van der Waals surface area contributed by atoms with Crippen molar-refractivity contribution in [2.24, 2.45) is 0 Å². The molecule has 8 nitrogen and oxygen atoms in total. The topological polar surface area (TPSA) is 108 Å². The minimum Gasteiger partial charge on any atom is -0.445 e. The van der Waals surface area contributed by atoms with E-state index in [-0.39, 0.29) is 26.0 Å². The normalized spacial score (nSPS) is 13.9. The van der Waals surface area contributed by atoms with E-state index in [9.17, 15) is 19.8 Å². The molecule has 0 heterocycles. The molecule has 4 unspecified atom stereocenters. The highest BCUT2D eigenvalue weighted by Crippen LogP contribution is 2.23. The summed E-state index contributed by atoms with van der Waals surface area (Å²) in [6, 6.07) is 35.7. The summed E-state index contributed by atoms with van der Waals surface area (Å²) in [5, 5.41) is 26.6. The molecule has 0 radical (unpaired) electrons. The molecule has 4 aromatic carbocycles. The van der Waals surface area contributed by atoms with Gasteiger partial charge in [-0.05, 0) is 55.9 Å². The minimum absolute atomic E-state index is 0.0402. The van der Waals surface area contributed by atoms with Gasteiger partial charge in [-0.2, -0.15) is 0 Å². The van der Waals surface area contributed by atoms with Crippen LogP contribution in [0, 0.1) is 0 Å². The number of nitrogens with zero attached hydrogens (tertiary/aromatic N) is 1. The summed E-state index contributed by atoms with van der Waals surface area (Å²) in [4.78, 5) is 28.3. The number of nitrogens with one attached hydrogen (secondary N) is 1. The lowest BCUT2D eigenvalue weighted by molar-refractivity contribution is -0.0547. The van der Waals surface area contributed by atoms with Crippen LogP contribution in [0.5, 0.6) is 0 Å². The van der Waals surface area contributed by atoms with Gasteiger partial charge in [0.05, 0.1) is 12.1 Å². The van der Waals surface area contributed by atoms with Crippen LogP contribution in [0.15, 0.2) is 121 Å². The third-order valence-corrected chi connectivity index (χ3v) is 7.48. The fourth-order valence-corrected chi connectivity index (χ4v) is 5.22. The van der Waals surface area contributed by atoms with Gasteiger partial charge in [-0.1, -0.05) is 121 Å². The van der Waals surface area contributed by atoms with Crippen LogP contribution in [-0.2, 0) is 35.5 Å². The van der Waals surface area contributed by atoms with Gasteiger partial charge < -0.3 is 25.0 Å². The average Bonchev–Trinajstić information content (AvgIpc) is 3.05. The Kier molecular flexibility index (Phi) is 12.3. The summed E-state index contributed by atoms with van der Waals surface area (Å²) < 4.78 is 11.3. The molecule has 0 aliphatic heterocycles. The number of rotatable bonds is 13. The first-order chi connectivity index (χ1) is 22.1. The summed E-state index contributed by atoms with van der Waals surface area (Å²) in [6.07, 6.45) is -3.90. The SMILES string of the molecule is CC(C)(C)OC(=O)NC(Cc1ccccc1)C(O)C(O)C(Cc1ccccc1)N(Cc1ccccc1)C(=O)OCc1ccccc1. The van der Waals surface area contributed by atoms with Crippen molar-refractivity contribution in [3.05, 3.63) is 144 Å². The first-order valence-electron chi connectivity index (χ1n) is 15.5. The molecule has 4 atom stereocenters. The largest absolute Gasteiger partial charge is 0.445 e. The van der Waals surface area contributed by atoms with Crippen molar-refractivity contribution in [2.75, 3.05) is 0 Å². The highest BCUT2D eigenvalue weighted by Gasteiger charge is 2.39. The van der Waals surface area contributed by atoms with Crippen LogP contribution in [-0.4, -0.2) is 57.2 Å². The highest BCUT2D eigenvalue weighted by atomic mass is 16.6. The summed E-state index contributed by atoms with van der Waals surface area (Å²) in [5.41, 5.74) is 2.58. The van der Waals surface area contributed by atoms with Gasteiger partial charge in [-0.3, -0.25) is 4.90 Å². The van der Waals surface area contributed by atoms with E-state index in [1.54, 1.807) is 20.8 Å². The number of carbonyl (C=O) groups excluding carboxylic acids is 2. The maximum absolute atomic E-state index is 13.9. The standard InChI is InChI=1S/C38H44N2O6/c1-38(2,3)46-36(43)39-32(24-28-16-8-4-9-17-28)34(41)35(42)33(25-29-18-10-5-11-19-29)40(26-30-20-12-6-13-21-30)37(44)45-27-31-22-14-7-15-23-31/h4-23,32-35,41-42H,24-27H2,1-3H3,(H,39,43). The Hall–Kier alpha value is -4.66. The number of benzene rings is 4. The van der Waals surface area contributed by atoms with Crippen molar-refractivity contribution in [3.8, 4) is 0 Å². The molecule has 0 fully saturated rings. The van der Waals surface area contributed by atoms with E-state index < -0.39 is 42.1 Å². The third-order valence-electron chi connectivity index (χ3n) is 7.48. The second-order valence-electron chi connectivity index (χ2n) is 12.3. The zero-order valence-corrected chi connectivity index (χ0v) is 26.7. The van der Waals surface area contributed by atoms with Gasteiger partial charge in [0.1, 0.15) is 24.4 Å². The van der Waals surface area contributed by atoms with Crippen molar-refractivity contribution >= 4 is 12.2 Å². The molecular formula is C38H44N2O6. The molecule has 0 saturated heterocycles. The van der Waals surface area contributed by atoms with E-state index in [0.29, 0.717) is 0 Å². The Bertz CT molecular complexity index is 1480. The molecule has 0 aromatic heterocycles. The molecule has 4 aromatic rings. The van der Waals surface area contributed by atoms with Gasteiger partial charge >= 0.3 is 12.2 Å².